The van der Waals surface area contributed by atoms with Crippen LogP contribution in [0.3, 0.4) is 0 Å². The molecule has 0 aliphatic carbocycles. The van der Waals surface area contributed by atoms with Crippen molar-refractivity contribution in [3.63, 3.8) is 0 Å². The Morgan fingerprint density at radius 3 is 2.45 bits per heavy atom. The smallest absolute Gasteiger partial charge is 0.229 e. The number of rotatable bonds is 5. The number of hydrogen-bond acceptors (Lipinski definition) is 6. The van der Waals surface area contributed by atoms with Crippen molar-refractivity contribution < 1.29 is 13.9 Å². The summed E-state index contributed by atoms with van der Waals surface area (Å²) in [5.74, 6) is 2.30. The fourth-order valence-electron chi connectivity index (χ4n) is 3.53. The van der Waals surface area contributed by atoms with Gasteiger partial charge in [0.1, 0.15) is 11.6 Å². The van der Waals surface area contributed by atoms with Crippen LogP contribution < -0.4 is 19.7 Å². The fourth-order valence-corrected chi connectivity index (χ4v) is 3.53. The van der Waals surface area contributed by atoms with Gasteiger partial charge >= 0.3 is 0 Å². The van der Waals surface area contributed by atoms with Gasteiger partial charge in [-0.2, -0.15) is 4.98 Å². The van der Waals surface area contributed by atoms with Crippen molar-refractivity contribution in [3.8, 4) is 11.5 Å². The molecule has 0 fully saturated rings. The Morgan fingerprint density at radius 2 is 1.72 bits per heavy atom. The van der Waals surface area contributed by atoms with E-state index >= 15 is 0 Å². The second-order valence-electron chi connectivity index (χ2n) is 6.94. The van der Waals surface area contributed by atoms with Crippen LogP contribution in [0.25, 0.3) is 0 Å². The molecule has 1 aliphatic rings. The molecule has 29 heavy (non-hydrogen) atoms. The zero-order valence-electron chi connectivity index (χ0n) is 16.7. The quantitative estimate of drug-likeness (QED) is 0.698. The lowest BCUT2D eigenvalue weighted by Crippen LogP contribution is -2.31. The number of nitrogens with zero attached hydrogens (tertiary/aromatic N) is 3. The van der Waals surface area contributed by atoms with Crippen molar-refractivity contribution in [3.05, 3.63) is 65.1 Å². The van der Waals surface area contributed by atoms with Crippen LogP contribution in [0.2, 0.25) is 0 Å². The maximum atomic E-state index is 14.0. The summed E-state index contributed by atoms with van der Waals surface area (Å²) in [6.45, 7) is 3.42. The second kappa shape index (κ2) is 7.95. The third kappa shape index (κ3) is 3.94. The van der Waals surface area contributed by atoms with E-state index in [0.29, 0.717) is 23.9 Å². The molecule has 0 bridgehead atoms. The van der Waals surface area contributed by atoms with E-state index in [1.165, 1.54) is 17.2 Å². The summed E-state index contributed by atoms with van der Waals surface area (Å²) in [6.07, 6.45) is 0.870. The molecule has 1 aromatic heterocycles. The highest BCUT2D eigenvalue weighted by molar-refractivity contribution is 5.57. The zero-order chi connectivity index (χ0) is 20.4. The molecular weight excluding hydrogens is 371 g/mol. The molecule has 0 atom stereocenters. The second-order valence-corrected chi connectivity index (χ2v) is 6.94. The van der Waals surface area contributed by atoms with E-state index in [-0.39, 0.29) is 5.82 Å². The minimum atomic E-state index is -0.341. The largest absolute Gasteiger partial charge is 0.493 e. The average Bonchev–Trinajstić information content (AvgIpc) is 2.73. The molecule has 7 heteroatoms. The van der Waals surface area contributed by atoms with Gasteiger partial charge in [0.2, 0.25) is 5.95 Å². The van der Waals surface area contributed by atoms with Crippen molar-refractivity contribution in [2.45, 2.75) is 19.9 Å². The van der Waals surface area contributed by atoms with Crippen LogP contribution in [0, 0.1) is 12.7 Å². The topological polar surface area (TPSA) is 59.5 Å². The third-order valence-electron chi connectivity index (χ3n) is 5.00. The summed E-state index contributed by atoms with van der Waals surface area (Å²) in [7, 11) is 3.28. The van der Waals surface area contributed by atoms with Gasteiger partial charge in [0.05, 0.1) is 19.9 Å². The van der Waals surface area contributed by atoms with Crippen LogP contribution in [-0.2, 0) is 13.0 Å². The number of halogens is 1. The molecule has 1 aliphatic heterocycles. The summed E-state index contributed by atoms with van der Waals surface area (Å²) in [5.41, 5.74) is 3.58. The molecule has 2 heterocycles. The van der Waals surface area contributed by atoms with E-state index in [9.17, 15) is 4.39 Å². The lowest BCUT2D eigenvalue weighted by molar-refractivity contribution is 0.353. The van der Waals surface area contributed by atoms with Gasteiger partial charge in [-0.1, -0.05) is 12.1 Å². The number of nitrogens with one attached hydrogen (secondary N) is 1. The van der Waals surface area contributed by atoms with E-state index in [0.717, 1.165) is 30.2 Å². The third-order valence-corrected chi connectivity index (χ3v) is 5.00. The molecule has 4 rings (SSSR count). The number of anilines is 3. The van der Waals surface area contributed by atoms with Gasteiger partial charge in [0.25, 0.3) is 0 Å². The van der Waals surface area contributed by atoms with Crippen molar-refractivity contribution in [2.24, 2.45) is 0 Å². The molecule has 3 aromatic rings. The Hall–Kier alpha value is -3.35. The molecule has 0 unspecified atom stereocenters. The van der Waals surface area contributed by atoms with E-state index in [4.69, 9.17) is 9.47 Å². The normalized spacial score (nSPS) is 13.0. The van der Waals surface area contributed by atoms with Crippen molar-refractivity contribution >= 4 is 17.5 Å². The predicted octanol–water partition coefficient (Wildman–Crippen LogP) is 4.25. The van der Waals surface area contributed by atoms with Crippen LogP contribution in [0.5, 0.6) is 11.5 Å². The number of fused-ring (bicyclic) bond motifs is 1. The molecule has 0 saturated carbocycles. The number of hydrogen-bond donors (Lipinski definition) is 1. The average molecular weight is 394 g/mol. The highest BCUT2D eigenvalue weighted by Gasteiger charge is 2.21. The summed E-state index contributed by atoms with van der Waals surface area (Å²) in [5, 5.41) is 2.98. The van der Waals surface area contributed by atoms with Crippen LogP contribution in [0.1, 0.15) is 16.8 Å². The number of aryl methyl sites for hydroxylation is 1. The Labute approximate surface area is 169 Å². The first-order valence-electron chi connectivity index (χ1n) is 9.43. The molecule has 150 valence electrons. The van der Waals surface area contributed by atoms with E-state index in [2.05, 4.69) is 20.2 Å². The predicted molar refractivity (Wildman–Crippen MR) is 111 cm³/mol. The summed E-state index contributed by atoms with van der Waals surface area (Å²) >= 11 is 0. The van der Waals surface area contributed by atoms with Crippen molar-refractivity contribution in [2.75, 3.05) is 31.0 Å². The molecule has 0 saturated heterocycles. The maximum absolute atomic E-state index is 14.0. The standard InChI is InChI=1S/C22H23FN4O2/c1-14-10-21(26-22(24-14)25-18-7-5-4-6-17(18)23)27-9-8-15-11-19(28-2)20(29-3)12-16(15)13-27/h4-7,10-12H,8-9,13H2,1-3H3,(H,24,25,26). The van der Waals surface area contributed by atoms with Crippen LogP contribution in [0.4, 0.5) is 21.8 Å². The first-order valence-corrected chi connectivity index (χ1v) is 9.43. The number of aromatic nitrogens is 2. The summed E-state index contributed by atoms with van der Waals surface area (Å²) in [6, 6.07) is 12.5. The molecule has 1 N–H and O–H groups in total. The highest BCUT2D eigenvalue weighted by Crippen LogP contribution is 2.34. The van der Waals surface area contributed by atoms with Gasteiger partial charge in [-0.05, 0) is 48.7 Å². The molecular formula is C22H23FN4O2. The van der Waals surface area contributed by atoms with Gasteiger partial charge in [-0.25, -0.2) is 9.37 Å². The number of methoxy groups -OCH3 is 2. The van der Waals surface area contributed by atoms with Crippen molar-refractivity contribution in [1.82, 2.24) is 9.97 Å². The number of benzene rings is 2. The Balaban J connectivity index is 1.61. The zero-order valence-corrected chi connectivity index (χ0v) is 16.7. The van der Waals surface area contributed by atoms with E-state index in [1.54, 1.807) is 32.4 Å². The van der Waals surface area contributed by atoms with Gasteiger partial charge in [-0.15, -0.1) is 0 Å². The van der Waals surface area contributed by atoms with Gasteiger partial charge in [0.15, 0.2) is 11.5 Å². The van der Waals surface area contributed by atoms with Gasteiger partial charge in [-0.3, -0.25) is 0 Å². The Kier molecular flexibility index (Phi) is 5.20. The first-order chi connectivity index (χ1) is 14.1. The monoisotopic (exact) mass is 394 g/mol. The van der Waals surface area contributed by atoms with Gasteiger partial charge in [0, 0.05) is 24.8 Å². The molecule has 2 aromatic carbocycles. The minimum Gasteiger partial charge on any atom is -0.493 e. The van der Waals surface area contributed by atoms with E-state index in [1.807, 2.05) is 25.1 Å². The Morgan fingerprint density at radius 1 is 1.00 bits per heavy atom. The highest BCUT2D eigenvalue weighted by atomic mass is 19.1. The number of para-hydroxylation sites is 1. The summed E-state index contributed by atoms with van der Waals surface area (Å²) < 4.78 is 24.8. The SMILES string of the molecule is COc1cc2c(cc1OC)CN(c1cc(C)nc(Nc3ccccc3F)n1)CC2. The summed E-state index contributed by atoms with van der Waals surface area (Å²) in [4.78, 5) is 11.2. The lowest BCUT2D eigenvalue weighted by atomic mass is 9.99. The molecule has 0 radical (unpaired) electrons. The lowest BCUT2D eigenvalue weighted by Gasteiger charge is -2.30. The fraction of sp³-hybridized carbons (Fsp3) is 0.273. The molecule has 0 spiro atoms. The molecule has 6 nitrogen and oxygen atoms in total. The van der Waals surface area contributed by atoms with Gasteiger partial charge < -0.3 is 19.7 Å². The van der Waals surface area contributed by atoms with Crippen molar-refractivity contribution in [1.29, 1.82) is 0 Å². The Bertz CT molecular complexity index is 1040. The van der Waals surface area contributed by atoms with Crippen LogP contribution in [0.15, 0.2) is 42.5 Å². The van der Waals surface area contributed by atoms with E-state index < -0.39 is 0 Å². The maximum Gasteiger partial charge on any atom is 0.229 e. The number of ether oxygens (including phenoxy) is 2. The minimum absolute atomic E-state index is 0.341. The molecule has 0 amide bonds. The van der Waals surface area contributed by atoms with Crippen LogP contribution >= 0.6 is 0 Å². The first kappa shape index (κ1) is 19.0. The van der Waals surface area contributed by atoms with Crippen LogP contribution in [-0.4, -0.2) is 30.7 Å².